The molecule has 0 spiro atoms. The number of hydrogen-bond acceptors (Lipinski definition) is 2. The predicted octanol–water partition coefficient (Wildman–Crippen LogP) is 1.99. The van der Waals surface area contributed by atoms with Crippen LogP contribution >= 0.6 is 0 Å². The number of halogens is 3. The van der Waals surface area contributed by atoms with Crippen LogP contribution in [0, 0.1) is 11.3 Å². The second kappa shape index (κ2) is 3.86. The molecule has 11 heavy (non-hydrogen) atoms. The van der Waals surface area contributed by atoms with E-state index in [0.29, 0.717) is 6.08 Å². The van der Waals surface area contributed by atoms with Crippen LogP contribution in [0.4, 0.5) is 13.2 Å². The van der Waals surface area contributed by atoms with Crippen molar-refractivity contribution in [1.29, 1.82) is 5.26 Å². The molecule has 0 unspecified atom stereocenters. The summed E-state index contributed by atoms with van der Waals surface area (Å²) in [5.41, 5.74) is 0. The molecule has 0 saturated heterocycles. The summed E-state index contributed by atoms with van der Waals surface area (Å²) in [7, 11) is 0. The van der Waals surface area contributed by atoms with E-state index in [0.717, 1.165) is 0 Å². The van der Waals surface area contributed by atoms with E-state index in [1.807, 2.05) is 0 Å². The zero-order valence-corrected chi connectivity index (χ0v) is 5.77. The quantitative estimate of drug-likeness (QED) is 0.463. The molecule has 0 fully saturated rings. The lowest BCUT2D eigenvalue weighted by molar-refractivity contribution is -0.129. The summed E-state index contributed by atoms with van der Waals surface area (Å²) in [5, 5.41) is 7.92. The Kier molecular flexibility index (Phi) is 3.45. The van der Waals surface area contributed by atoms with Gasteiger partial charge in [0.1, 0.15) is 0 Å². The van der Waals surface area contributed by atoms with Gasteiger partial charge in [-0.3, -0.25) is 0 Å². The van der Waals surface area contributed by atoms with Crippen LogP contribution in [0.15, 0.2) is 11.8 Å². The molecular formula is C6H6F3NO. The lowest BCUT2D eigenvalue weighted by Crippen LogP contribution is -2.14. The van der Waals surface area contributed by atoms with E-state index in [4.69, 9.17) is 5.26 Å². The Balaban J connectivity index is 4.38. The van der Waals surface area contributed by atoms with Crippen molar-refractivity contribution >= 4 is 0 Å². The minimum Gasteiger partial charge on any atom is -0.489 e. The van der Waals surface area contributed by atoms with E-state index in [1.54, 1.807) is 0 Å². The van der Waals surface area contributed by atoms with Crippen LogP contribution in [0.25, 0.3) is 0 Å². The molecule has 62 valence electrons. The molecule has 0 aromatic heterocycles. The van der Waals surface area contributed by atoms with Gasteiger partial charge in [0.05, 0.1) is 18.8 Å². The first-order valence-corrected chi connectivity index (χ1v) is 2.82. The summed E-state index contributed by atoms with van der Waals surface area (Å²) in [6, 6.07) is 1.25. The van der Waals surface area contributed by atoms with Gasteiger partial charge in [0.15, 0.2) is 0 Å². The maximum absolute atomic E-state index is 11.7. The van der Waals surface area contributed by atoms with Gasteiger partial charge in [-0.05, 0) is 6.92 Å². The van der Waals surface area contributed by atoms with Crippen LogP contribution in [0.3, 0.4) is 0 Å². The topological polar surface area (TPSA) is 33.0 Å². The molecule has 0 aromatic carbocycles. The molecule has 0 atom stereocenters. The molecule has 0 amide bonds. The monoisotopic (exact) mass is 165 g/mol. The number of hydrogen-bond donors (Lipinski definition) is 0. The number of alkyl halides is 3. The van der Waals surface area contributed by atoms with Gasteiger partial charge >= 0.3 is 6.18 Å². The van der Waals surface area contributed by atoms with Crippen LogP contribution in [-0.4, -0.2) is 12.8 Å². The number of nitrogens with zero attached hydrogens (tertiary/aromatic N) is 1. The van der Waals surface area contributed by atoms with Crippen LogP contribution < -0.4 is 0 Å². The maximum Gasteiger partial charge on any atom is 0.449 e. The number of nitriles is 1. The van der Waals surface area contributed by atoms with Crippen molar-refractivity contribution < 1.29 is 17.9 Å². The zero-order chi connectivity index (χ0) is 8.91. The number of ether oxygens (including phenoxy) is 1. The van der Waals surface area contributed by atoms with E-state index in [1.165, 1.54) is 13.0 Å². The molecule has 0 bridgehead atoms. The summed E-state index contributed by atoms with van der Waals surface area (Å²) < 4.78 is 39.4. The molecule has 0 heterocycles. The number of allylic oxidation sites excluding steroid dienone is 2. The third kappa shape index (κ3) is 3.50. The molecular weight excluding hydrogens is 159 g/mol. The first-order chi connectivity index (χ1) is 5.02. The summed E-state index contributed by atoms with van der Waals surface area (Å²) in [4.78, 5) is 0. The first-order valence-electron chi connectivity index (χ1n) is 2.82. The van der Waals surface area contributed by atoms with E-state index in [2.05, 4.69) is 4.74 Å². The van der Waals surface area contributed by atoms with Crippen LogP contribution in [-0.2, 0) is 4.74 Å². The highest BCUT2D eigenvalue weighted by molar-refractivity contribution is 5.12. The van der Waals surface area contributed by atoms with Crippen molar-refractivity contribution in [3.63, 3.8) is 0 Å². The Hall–Kier alpha value is -1.18. The van der Waals surface area contributed by atoms with Crippen molar-refractivity contribution in [1.82, 2.24) is 0 Å². The number of rotatable bonds is 2. The normalized spacial score (nSPS) is 12.5. The summed E-state index contributed by atoms with van der Waals surface area (Å²) in [6.07, 6.45) is -4.23. The molecule has 0 aliphatic heterocycles. The fraction of sp³-hybridized carbons (Fsp3) is 0.500. The minimum atomic E-state index is -4.56. The Morgan fingerprint density at radius 1 is 1.64 bits per heavy atom. The van der Waals surface area contributed by atoms with Crippen molar-refractivity contribution in [2.75, 3.05) is 6.61 Å². The Bertz CT molecular complexity index is 189. The lowest BCUT2D eigenvalue weighted by atomic mass is 10.4. The van der Waals surface area contributed by atoms with Gasteiger partial charge in [0.2, 0.25) is 5.76 Å². The van der Waals surface area contributed by atoms with Gasteiger partial charge < -0.3 is 4.74 Å². The lowest BCUT2D eigenvalue weighted by Gasteiger charge is -2.09. The molecule has 0 aliphatic carbocycles. The van der Waals surface area contributed by atoms with Crippen LogP contribution in [0.1, 0.15) is 6.92 Å². The van der Waals surface area contributed by atoms with Crippen molar-refractivity contribution in [2.45, 2.75) is 13.1 Å². The molecule has 0 saturated carbocycles. The van der Waals surface area contributed by atoms with Gasteiger partial charge in [0, 0.05) is 0 Å². The van der Waals surface area contributed by atoms with Gasteiger partial charge in [0.25, 0.3) is 0 Å². The van der Waals surface area contributed by atoms with Crippen molar-refractivity contribution in [3.8, 4) is 6.07 Å². The summed E-state index contributed by atoms with van der Waals surface area (Å²) >= 11 is 0. The highest BCUT2D eigenvalue weighted by atomic mass is 19.4. The summed E-state index contributed by atoms with van der Waals surface area (Å²) in [6.45, 7) is 1.31. The van der Waals surface area contributed by atoms with Crippen molar-refractivity contribution in [2.24, 2.45) is 0 Å². The molecule has 2 nitrogen and oxygen atoms in total. The zero-order valence-electron chi connectivity index (χ0n) is 5.77. The molecule has 0 N–H and O–H groups in total. The van der Waals surface area contributed by atoms with Crippen LogP contribution in [0.2, 0.25) is 0 Å². The SMILES string of the molecule is CCOC(=CC#N)C(F)(F)F. The third-order valence-electron chi connectivity index (χ3n) is 0.775. The average Bonchev–Trinajstić information content (AvgIpc) is 1.85. The first kappa shape index (κ1) is 9.82. The summed E-state index contributed by atoms with van der Waals surface area (Å²) in [5.74, 6) is -1.25. The minimum absolute atomic E-state index is 0.104. The smallest absolute Gasteiger partial charge is 0.449 e. The Morgan fingerprint density at radius 3 is 2.45 bits per heavy atom. The highest BCUT2D eigenvalue weighted by Gasteiger charge is 2.35. The fourth-order valence-electron chi connectivity index (χ4n) is 0.419. The second-order valence-electron chi connectivity index (χ2n) is 1.57. The predicted molar refractivity (Wildman–Crippen MR) is 31.4 cm³/mol. The molecule has 0 radical (unpaired) electrons. The molecule has 0 aromatic rings. The van der Waals surface area contributed by atoms with Crippen LogP contribution in [0.5, 0.6) is 0 Å². The second-order valence-corrected chi connectivity index (χ2v) is 1.57. The largest absolute Gasteiger partial charge is 0.489 e. The molecule has 5 heteroatoms. The third-order valence-corrected chi connectivity index (χ3v) is 0.775. The van der Waals surface area contributed by atoms with Gasteiger partial charge in [-0.1, -0.05) is 0 Å². The average molecular weight is 165 g/mol. The van der Waals surface area contributed by atoms with E-state index < -0.39 is 11.9 Å². The van der Waals surface area contributed by atoms with E-state index in [-0.39, 0.29) is 6.61 Å². The van der Waals surface area contributed by atoms with Crippen molar-refractivity contribution in [3.05, 3.63) is 11.8 Å². The van der Waals surface area contributed by atoms with Gasteiger partial charge in [-0.15, -0.1) is 0 Å². The Morgan fingerprint density at radius 2 is 2.18 bits per heavy atom. The van der Waals surface area contributed by atoms with Gasteiger partial charge in [-0.2, -0.15) is 18.4 Å². The maximum atomic E-state index is 11.7. The van der Waals surface area contributed by atoms with E-state index >= 15 is 0 Å². The highest BCUT2D eigenvalue weighted by Crippen LogP contribution is 2.25. The van der Waals surface area contributed by atoms with Gasteiger partial charge in [-0.25, -0.2) is 0 Å². The standard InChI is InChI=1S/C6H6F3NO/c1-2-11-5(3-4-10)6(7,8)9/h3H,2H2,1H3. The molecule has 0 rings (SSSR count). The fourth-order valence-corrected chi connectivity index (χ4v) is 0.419. The van der Waals surface area contributed by atoms with E-state index in [9.17, 15) is 13.2 Å². The Labute approximate surface area is 61.9 Å². The molecule has 0 aliphatic rings.